The molecular formula is C27H31N3O3. The summed E-state index contributed by atoms with van der Waals surface area (Å²) in [5, 5.41) is 10.8. The molecule has 1 amide bonds. The lowest BCUT2D eigenvalue weighted by molar-refractivity contribution is -0.384. The lowest BCUT2D eigenvalue weighted by Crippen LogP contribution is -2.40. The van der Waals surface area contributed by atoms with Gasteiger partial charge < -0.3 is 9.47 Å². The van der Waals surface area contributed by atoms with Gasteiger partial charge in [0, 0.05) is 42.7 Å². The minimum Gasteiger partial charge on any atom is -0.345 e. The van der Waals surface area contributed by atoms with E-state index in [9.17, 15) is 14.9 Å². The van der Waals surface area contributed by atoms with Crippen LogP contribution < -0.4 is 0 Å². The summed E-state index contributed by atoms with van der Waals surface area (Å²) in [4.78, 5) is 25.5. The third kappa shape index (κ3) is 6.42. The van der Waals surface area contributed by atoms with Crippen molar-refractivity contribution in [3.8, 4) is 0 Å². The minimum absolute atomic E-state index is 0.0305. The van der Waals surface area contributed by atoms with Crippen molar-refractivity contribution < 1.29 is 9.72 Å². The summed E-state index contributed by atoms with van der Waals surface area (Å²) in [7, 11) is 0. The zero-order chi connectivity index (χ0) is 24.0. The third-order valence-electron chi connectivity index (χ3n) is 5.95. The molecule has 3 aromatic rings. The Morgan fingerprint density at radius 3 is 2.45 bits per heavy atom. The number of aryl methyl sites for hydroxylation is 1. The third-order valence-corrected chi connectivity index (χ3v) is 5.95. The molecule has 1 heterocycles. The van der Waals surface area contributed by atoms with Crippen LogP contribution in [-0.4, -0.2) is 26.3 Å². The number of nitro groups is 1. The molecule has 0 spiro atoms. The molecule has 0 N–H and O–H groups in total. The Bertz CT molecular complexity index is 1130. The lowest BCUT2D eigenvalue weighted by Gasteiger charge is -2.31. The van der Waals surface area contributed by atoms with Crippen LogP contribution in [0.1, 0.15) is 43.2 Å². The molecule has 6 heteroatoms. The van der Waals surface area contributed by atoms with E-state index in [0.29, 0.717) is 12.5 Å². The highest BCUT2D eigenvalue weighted by Gasteiger charge is 2.22. The zero-order valence-electron chi connectivity index (χ0n) is 19.6. The number of aromatic nitrogens is 1. The summed E-state index contributed by atoms with van der Waals surface area (Å²) >= 11 is 0. The van der Waals surface area contributed by atoms with E-state index in [1.807, 2.05) is 17.2 Å². The number of nitrogens with zero attached hydrogens (tertiary/aromatic N) is 3. The van der Waals surface area contributed by atoms with Crippen LogP contribution in [0, 0.1) is 23.0 Å². The molecule has 0 saturated carbocycles. The first-order valence-corrected chi connectivity index (χ1v) is 11.2. The molecule has 1 aromatic heterocycles. The first-order chi connectivity index (χ1) is 15.7. The molecule has 33 heavy (non-hydrogen) atoms. The molecule has 0 bridgehead atoms. The highest BCUT2D eigenvalue weighted by Crippen LogP contribution is 2.18. The Balaban J connectivity index is 1.78. The van der Waals surface area contributed by atoms with Gasteiger partial charge in [0.15, 0.2) is 0 Å². The van der Waals surface area contributed by atoms with Crippen molar-refractivity contribution in [3.63, 3.8) is 0 Å². The Hall–Kier alpha value is -3.67. The second-order valence-electron chi connectivity index (χ2n) is 8.75. The van der Waals surface area contributed by atoms with Crippen molar-refractivity contribution in [1.82, 2.24) is 9.47 Å². The normalized spacial score (nSPS) is 12.3. The standard InChI is InChI=1S/C27H31N3O3/c1-20(2)22(4)29(27(31)15-12-23-10-13-25(14-11-23)30(32)33)19-26-9-6-16-28(26)18-24-8-5-7-21(3)17-24/h5-17,20,22H,18-19H2,1-4H3/b15-12+. The van der Waals surface area contributed by atoms with E-state index in [2.05, 4.69) is 62.6 Å². The Kier molecular flexibility index (Phi) is 7.83. The molecule has 0 aliphatic rings. The van der Waals surface area contributed by atoms with Crippen LogP contribution in [0.25, 0.3) is 6.08 Å². The van der Waals surface area contributed by atoms with Crippen LogP contribution in [0.3, 0.4) is 0 Å². The van der Waals surface area contributed by atoms with Gasteiger partial charge in [0.05, 0.1) is 11.5 Å². The first-order valence-electron chi connectivity index (χ1n) is 11.2. The average Bonchev–Trinajstić information content (AvgIpc) is 3.22. The fourth-order valence-corrected chi connectivity index (χ4v) is 3.68. The Morgan fingerprint density at radius 1 is 1.09 bits per heavy atom. The fourth-order valence-electron chi connectivity index (χ4n) is 3.68. The predicted molar refractivity (Wildman–Crippen MR) is 132 cm³/mol. The van der Waals surface area contributed by atoms with Gasteiger partial charge in [-0.2, -0.15) is 0 Å². The van der Waals surface area contributed by atoms with Gasteiger partial charge in [-0.25, -0.2) is 0 Å². The van der Waals surface area contributed by atoms with E-state index in [1.165, 1.54) is 23.3 Å². The second kappa shape index (κ2) is 10.8. The molecule has 3 rings (SSSR count). The molecule has 1 atom stereocenters. The van der Waals surface area contributed by atoms with Crippen molar-refractivity contribution in [2.45, 2.75) is 46.8 Å². The number of carbonyl (C=O) groups is 1. The van der Waals surface area contributed by atoms with Gasteiger partial charge in [-0.15, -0.1) is 0 Å². The van der Waals surface area contributed by atoms with Gasteiger partial charge in [0.25, 0.3) is 5.69 Å². The van der Waals surface area contributed by atoms with Crippen molar-refractivity contribution in [2.75, 3.05) is 0 Å². The van der Waals surface area contributed by atoms with Gasteiger partial charge in [0.1, 0.15) is 0 Å². The van der Waals surface area contributed by atoms with Crippen molar-refractivity contribution in [2.24, 2.45) is 5.92 Å². The maximum Gasteiger partial charge on any atom is 0.269 e. The quantitative estimate of drug-likeness (QED) is 0.236. The summed E-state index contributed by atoms with van der Waals surface area (Å²) in [6.45, 7) is 9.62. The highest BCUT2D eigenvalue weighted by molar-refractivity contribution is 5.92. The van der Waals surface area contributed by atoms with Crippen LogP contribution in [0.4, 0.5) is 5.69 Å². The molecule has 1 unspecified atom stereocenters. The molecule has 0 aliphatic heterocycles. The molecule has 0 radical (unpaired) electrons. The fraction of sp³-hybridized carbons (Fsp3) is 0.296. The monoisotopic (exact) mass is 445 g/mol. The largest absolute Gasteiger partial charge is 0.345 e. The van der Waals surface area contributed by atoms with E-state index in [0.717, 1.165) is 17.8 Å². The summed E-state index contributed by atoms with van der Waals surface area (Å²) in [6, 6.07) is 18.7. The van der Waals surface area contributed by atoms with Crippen LogP contribution in [0.5, 0.6) is 0 Å². The maximum atomic E-state index is 13.2. The summed E-state index contributed by atoms with van der Waals surface area (Å²) in [5.74, 6) is 0.208. The smallest absolute Gasteiger partial charge is 0.269 e. The molecule has 2 aromatic carbocycles. The lowest BCUT2D eigenvalue weighted by atomic mass is 10.0. The maximum absolute atomic E-state index is 13.2. The number of amides is 1. The van der Waals surface area contributed by atoms with E-state index in [1.54, 1.807) is 24.3 Å². The van der Waals surface area contributed by atoms with Gasteiger partial charge >= 0.3 is 0 Å². The van der Waals surface area contributed by atoms with E-state index in [-0.39, 0.29) is 17.6 Å². The minimum atomic E-state index is -0.434. The van der Waals surface area contributed by atoms with Crippen molar-refractivity contribution >= 4 is 17.7 Å². The number of rotatable bonds is 9. The first kappa shape index (κ1) is 24.0. The zero-order valence-corrected chi connectivity index (χ0v) is 19.6. The average molecular weight is 446 g/mol. The molecule has 0 aliphatic carbocycles. The number of hydrogen-bond acceptors (Lipinski definition) is 3. The molecule has 6 nitrogen and oxygen atoms in total. The topological polar surface area (TPSA) is 68.4 Å². The van der Waals surface area contributed by atoms with Crippen LogP contribution in [0.15, 0.2) is 72.9 Å². The second-order valence-corrected chi connectivity index (χ2v) is 8.75. The predicted octanol–water partition coefficient (Wildman–Crippen LogP) is 5.84. The van der Waals surface area contributed by atoms with Gasteiger partial charge in [-0.1, -0.05) is 43.7 Å². The van der Waals surface area contributed by atoms with E-state index < -0.39 is 4.92 Å². The number of hydrogen-bond donors (Lipinski definition) is 0. The number of nitro benzene ring substituents is 1. The molecule has 0 fully saturated rings. The van der Waals surface area contributed by atoms with Crippen molar-refractivity contribution in [1.29, 1.82) is 0 Å². The SMILES string of the molecule is Cc1cccc(Cn2cccc2CN(C(=O)/C=C/c2ccc([N+](=O)[O-])cc2)C(C)C(C)C)c1. The van der Waals surface area contributed by atoms with Gasteiger partial charge in [-0.05, 0) is 61.2 Å². The van der Waals surface area contributed by atoms with Gasteiger partial charge in [0.2, 0.25) is 5.91 Å². The number of benzene rings is 2. The van der Waals surface area contributed by atoms with Crippen LogP contribution in [0.2, 0.25) is 0 Å². The number of non-ortho nitro benzene ring substituents is 1. The number of carbonyl (C=O) groups excluding carboxylic acids is 1. The van der Waals surface area contributed by atoms with Gasteiger partial charge in [-0.3, -0.25) is 14.9 Å². The van der Waals surface area contributed by atoms with Crippen LogP contribution >= 0.6 is 0 Å². The summed E-state index contributed by atoms with van der Waals surface area (Å²) < 4.78 is 2.18. The van der Waals surface area contributed by atoms with E-state index >= 15 is 0 Å². The highest BCUT2D eigenvalue weighted by atomic mass is 16.6. The summed E-state index contributed by atoms with van der Waals surface area (Å²) in [6.07, 6.45) is 5.30. The molecule has 172 valence electrons. The van der Waals surface area contributed by atoms with Crippen LogP contribution in [-0.2, 0) is 17.9 Å². The molecular weight excluding hydrogens is 414 g/mol. The molecule has 0 saturated heterocycles. The Labute approximate surface area is 195 Å². The van der Waals surface area contributed by atoms with Crippen molar-refractivity contribution in [3.05, 3.63) is 105 Å². The Morgan fingerprint density at radius 2 is 1.82 bits per heavy atom. The summed E-state index contributed by atoms with van der Waals surface area (Å²) in [5.41, 5.74) is 4.29. The van der Waals surface area contributed by atoms with E-state index in [4.69, 9.17) is 0 Å².